The normalized spacial score (nSPS) is 16.5. The van der Waals surface area contributed by atoms with E-state index in [9.17, 15) is 4.79 Å². The lowest BCUT2D eigenvalue weighted by molar-refractivity contribution is 0.0694. The van der Waals surface area contributed by atoms with Crippen molar-refractivity contribution in [2.75, 3.05) is 19.9 Å². The van der Waals surface area contributed by atoms with Gasteiger partial charge in [-0.05, 0) is 17.7 Å². The van der Waals surface area contributed by atoms with Gasteiger partial charge in [0.15, 0.2) is 0 Å². The highest BCUT2D eigenvalue weighted by molar-refractivity contribution is 6.32. The fourth-order valence-corrected chi connectivity index (χ4v) is 1.39. The maximum Gasteiger partial charge on any atom is 0.260 e. The van der Waals surface area contributed by atoms with E-state index in [1.807, 2.05) is 0 Å². The van der Waals surface area contributed by atoms with Crippen LogP contribution in [0.3, 0.4) is 0 Å². The van der Waals surface area contributed by atoms with Gasteiger partial charge in [-0.2, -0.15) is 0 Å². The summed E-state index contributed by atoms with van der Waals surface area (Å²) >= 11 is 5.66. The minimum atomic E-state index is -0.142. The molecular formula is C8H8ClNO3. The molecule has 1 aromatic heterocycles. The summed E-state index contributed by atoms with van der Waals surface area (Å²) in [5.41, 5.74) is 0.396. The molecule has 0 unspecified atom stereocenters. The lowest BCUT2D eigenvalue weighted by Crippen LogP contribution is -2.27. The molecule has 2 heterocycles. The van der Waals surface area contributed by atoms with E-state index < -0.39 is 0 Å². The molecule has 1 saturated heterocycles. The first-order valence-corrected chi connectivity index (χ1v) is 4.27. The summed E-state index contributed by atoms with van der Waals surface area (Å²) in [7, 11) is 0. The Labute approximate surface area is 80.0 Å². The Kier molecular flexibility index (Phi) is 2.24. The lowest BCUT2D eigenvalue weighted by atomic mass is 10.3. The Morgan fingerprint density at radius 3 is 3.00 bits per heavy atom. The molecule has 1 aromatic rings. The van der Waals surface area contributed by atoms with Crippen LogP contribution in [0.5, 0.6) is 0 Å². The molecule has 1 amide bonds. The second-order valence-electron chi connectivity index (χ2n) is 2.71. The summed E-state index contributed by atoms with van der Waals surface area (Å²) in [4.78, 5) is 13.2. The van der Waals surface area contributed by atoms with Gasteiger partial charge in [-0.25, -0.2) is 0 Å². The van der Waals surface area contributed by atoms with Gasteiger partial charge < -0.3 is 14.1 Å². The van der Waals surface area contributed by atoms with Crippen LogP contribution in [-0.2, 0) is 4.74 Å². The first-order chi connectivity index (χ1) is 6.29. The van der Waals surface area contributed by atoms with Crippen LogP contribution < -0.4 is 0 Å². The highest BCUT2D eigenvalue weighted by Crippen LogP contribution is 2.19. The number of carbonyl (C=O) groups is 1. The van der Waals surface area contributed by atoms with E-state index in [-0.39, 0.29) is 11.1 Å². The minimum Gasteiger partial charge on any atom is -0.452 e. The number of furan rings is 1. The molecule has 1 aliphatic heterocycles. The van der Waals surface area contributed by atoms with Gasteiger partial charge in [0.1, 0.15) is 6.73 Å². The average molecular weight is 202 g/mol. The molecular weight excluding hydrogens is 194 g/mol. The number of rotatable bonds is 1. The van der Waals surface area contributed by atoms with Gasteiger partial charge in [-0.3, -0.25) is 4.79 Å². The smallest absolute Gasteiger partial charge is 0.260 e. The zero-order chi connectivity index (χ0) is 9.26. The Hall–Kier alpha value is -1.00. The predicted molar refractivity (Wildman–Crippen MR) is 45.6 cm³/mol. The van der Waals surface area contributed by atoms with Gasteiger partial charge in [0.2, 0.25) is 5.22 Å². The third-order valence-electron chi connectivity index (χ3n) is 1.89. The summed E-state index contributed by atoms with van der Waals surface area (Å²) in [5.74, 6) is -0.142. The van der Waals surface area contributed by atoms with Crippen LogP contribution >= 0.6 is 11.6 Å². The molecule has 70 valence electrons. The SMILES string of the molecule is O=C(c1ccoc1Cl)N1CCOC1. The molecule has 4 nitrogen and oxygen atoms in total. The maximum absolute atomic E-state index is 11.6. The zero-order valence-corrected chi connectivity index (χ0v) is 7.58. The molecule has 0 atom stereocenters. The summed E-state index contributed by atoms with van der Waals surface area (Å²) in [6.45, 7) is 1.53. The minimum absolute atomic E-state index is 0.136. The summed E-state index contributed by atoms with van der Waals surface area (Å²) in [6.07, 6.45) is 1.40. The molecule has 13 heavy (non-hydrogen) atoms. The third kappa shape index (κ3) is 1.55. The molecule has 0 radical (unpaired) electrons. The van der Waals surface area contributed by atoms with Crippen molar-refractivity contribution in [3.8, 4) is 0 Å². The molecule has 0 aromatic carbocycles. The summed E-state index contributed by atoms with van der Waals surface area (Å²) < 4.78 is 9.87. The monoisotopic (exact) mass is 201 g/mol. The molecule has 5 heteroatoms. The Morgan fingerprint density at radius 1 is 1.62 bits per heavy atom. The van der Waals surface area contributed by atoms with Crippen molar-refractivity contribution in [3.63, 3.8) is 0 Å². The van der Waals surface area contributed by atoms with Crippen molar-refractivity contribution in [3.05, 3.63) is 23.1 Å². The van der Waals surface area contributed by atoms with Crippen molar-refractivity contribution in [1.29, 1.82) is 0 Å². The summed E-state index contributed by atoms with van der Waals surface area (Å²) in [5, 5.41) is 0.136. The standard InChI is InChI=1S/C8H8ClNO3/c9-7-6(1-3-13-7)8(11)10-2-4-12-5-10/h1,3H,2,4-5H2. The quantitative estimate of drug-likeness (QED) is 0.689. The topological polar surface area (TPSA) is 42.7 Å². The van der Waals surface area contributed by atoms with E-state index in [2.05, 4.69) is 0 Å². The van der Waals surface area contributed by atoms with Gasteiger partial charge >= 0.3 is 0 Å². The first-order valence-electron chi connectivity index (χ1n) is 3.89. The first kappa shape index (κ1) is 8.59. The van der Waals surface area contributed by atoms with E-state index >= 15 is 0 Å². The average Bonchev–Trinajstić information content (AvgIpc) is 2.72. The number of hydrogen-bond acceptors (Lipinski definition) is 3. The van der Waals surface area contributed by atoms with E-state index in [1.54, 1.807) is 11.0 Å². The second kappa shape index (κ2) is 3.40. The second-order valence-corrected chi connectivity index (χ2v) is 3.06. The molecule has 0 N–H and O–H groups in total. The molecule has 0 saturated carbocycles. The number of hydrogen-bond donors (Lipinski definition) is 0. The highest BCUT2D eigenvalue weighted by atomic mass is 35.5. The summed E-state index contributed by atoms with van der Waals surface area (Å²) in [6, 6.07) is 1.56. The zero-order valence-electron chi connectivity index (χ0n) is 6.83. The molecule has 2 rings (SSSR count). The molecule has 0 bridgehead atoms. The number of carbonyl (C=O) groups excluding carboxylic acids is 1. The van der Waals surface area contributed by atoms with E-state index in [4.69, 9.17) is 20.8 Å². The van der Waals surface area contributed by atoms with Gasteiger partial charge in [0.05, 0.1) is 18.4 Å². The van der Waals surface area contributed by atoms with Crippen molar-refractivity contribution in [2.45, 2.75) is 0 Å². The van der Waals surface area contributed by atoms with E-state index in [0.29, 0.717) is 25.4 Å². The molecule has 0 aliphatic carbocycles. The van der Waals surface area contributed by atoms with Crippen LogP contribution in [-0.4, -0.2) is 30.7 Å². The van der Waals surface area contributed by atoms with Crippen LogP contribution in [0, 0.1) is 0 Å². The number of halogens is 1. The van der Waals surface area contributed by atoms with Crippen molar-refractivity contribution >= 4 is 17.5 Å². The van der Waals surface area contributed by atoms with Gasteiger partial charge in [-0.1, -0.05) is 0 Å². The van der Waals surface area contributed by atoms with Crippen LogP contribution in [0.1, 0.15) is 10.4 Å². The van der Waals surface area contributed by atoms with E-state index in [0.717, 1.165) is 0 Å². The van der Waals surface area contributed by atoms with Gasteiger partial charge in [0.25, 0.3) is 5.91 Å². The fraction of sp³-hybridized carbons (Fsp3) is 0.375. The van der Waals surface area contributed by atoms with Crippen LogP contribution in [0.15, 0.2) is 16.7 Å². The van der Waals surface area contributed by atoms with Crippen molar-refractivity contribution in [1.82, 2.24) is 4.90 Å². The number of ether oxygens (including phenoxy) is 1. The van der Waals surface area contributed by atoms with Gasteiger partial charge in [-0.15, -0.1) is 0 Å². The largest absolute Gasteiger partial charge is 0.452 e. The third-order valence-corrected chi connectivity index (χ3v) is 2.18. The van der Waals surface area contributed by atoms with Crippen LogP contribution in [0.4, 0.5) is 0 Å². The Balaban J connectivity index is 2.17. The van der Waals surface area contributed by atoms with Gasteiger partial charge in [0, 0.05) is 6.54 Å². The Morgan fingerprint density at radius 2 is 2.46 bits per heavy atom. The maximum atomic E-state index is 11.6. The molecule has 0 spiro atoms. The van der Waals surface area contributed by atoms with Crippen molar-refractivity contribution in [2.24, 2.45) is 0 Å². The number of nitrogens with zero attached hydrogens (tertiary/aromatic N) is 1. The number of amides is 1. The van der Waals surface area contributed by atoms with Crippen LogP contribution in [0.2, 0.25) is 5.22 Å². The van der Waals surface area contributed by atoms with E-state index in [1.165, 1.54) is 6.26 Å². The van der Waals surface area contributed by atoms with Crippen LogP contribution in [0.25, 0.3) is 0 Å². The molecule has 1 aliphatic rings. The fourth-order valence-electron chi connectivity index (χ4n) is 1.19. The predicted octanol–water partition coefficient (Wildman–Crippen LogP) is 1.36. The lowest BCUT2D eigenvalue weighted by Gasteiger charge is -2.11. The van der Waals surface area contributed by atoms with Crippen molar-refractivity contribution < 1.29 is 13.9 Å². The highest BCUT2D eigenvalue weighted by Gasteiger charge is 2.23. The Bertz CT molecular complexity index is 317. The molecule has 1 fully saturated rings.